The van der Waals surface area contributed by atoms with E-state index in [1.807, 2.05) is 0 Å². The second-order valence-electron chi connectivity index (χ2n) is 5.48. The summed E-state index contributed by atoms with van der Waals surface area (Å²) in [7, 11) is 0. The standard InChI is InChI=1S/C16H17F3N4O4/c17-16(18,19)13-10(6-21-14(20)23-13)12(25)11(24)7-22-15(26)27-8-9-4-2-1-3-5-9/h1-6,11-12,24-25H,7-8H2,(H,22,26)(H2,20,21,23). The molecule has 0 saturated heterocycles. The zero-order valence-corrected chi connectivity index (χ0v) is 13.8. The number of alkyl halides is 3. The summed E-state index contributed by atoms with van der Waals surface area (Å²) in [5, 5.41) is 22.0. The number of alkyl carbamates (subject to hydrolysis) is 1. The lowest BCUT2D eigenvalue weighted by molar-refractivity contribution is -0.143. The first-order chi connectivity index (χ1) is 12.7. The zero-order valence-electron chi connectivity index (χ0n) is 13.8. The average Bonchev–Trinajstić information content (AvgIpc) is 2.64. The first-order valence-electron chi connectivity index (χ1n) is 7.68. The molecule has 0 radical (unpaired) electrons. The summed E-state index contributed by atoms with van der Waals surface area (Å²) in [5.74, 6) is -0.629. The van der Waals surface area contributed by atoms with Crippen molar-refractivity contribution in [1.29, 1.82) is 0 Å². The Morgan fingerprint density at radius 1 is 1.26 bits per heavy atom. The number of carbonyl (C=O) groups excluding carboxylic acids is 1. The number of aromatic nitrogens is 2. The molecule has 1 amide bonds. The summed E-state index contributed by atoms with van der Waals surface area (Å²) in [5.41, 5.74) is 3.64. The van der Waals surface area contributed by atoms with Gasteiger partial charge in [0.15, 0.2) is 5.69 Å². The molecule has 1 aromatic carbocycles. The third-order valence-corrected chi connectivity index (χ3v) is 3.46. The van der Waals surface area contributed by atoms with E-state index in [0.717, 1.165) is 5.56 Å². The maximum atomic E-state index is 13.0. The van der Waals surface area contributed by atoms with Gasteiger partial charge in [-0.05, 0) is 5.56 Å². The number of carbonyl (C=O) groups is 1. The van der Waals surface area contributed by atoms with E-state index in [1.54, 1.807) is 30.3 Å². The van der Waals surface area contributed by atoms with Crippen molar-refractivity contribution in [2.24, 2.45) is 0 Å². The summed E-state index contributed by atoms with van der Waals surface area (Å²) >= 11 is 0. The van der Waals surface area contributed by atoms with E-state index >= 15 is 0 Å². The number of amides is 1. The molecule has 1 heterocycles. The second kappa shape index (κ2) is 8.64. The van der Waals surface area contributed by atoms with Crippen molar-refractivity contribution in [2.45, 2.75) is 25.0 Å². The van der Waals surface area contributed by atoms with Gasteiger partial charge in [0.2, 0.25) is 5.95 Å². The van der Waals surface area contributed by atoms with Crippen LogP contribution in [0.5, 0.6) is 0 Å². The molecule has 1 aromatic heterocycles. The number of rotatable bonds is 6. The molecule has 0 aliphatic heterocycles. The number of nitrogens with zero attached hydrogens (tertiary/aromatic N) is 2. The van der Waals surface area contributed by atoms with Gasteiger partial charge >= 0.3 is 12.3 Å². The van der Waals surface area contributed by atoms with E-state index in [9.17, 15) is 28.2 Å². The van der Waals surface area contributed by atoms with Crippen LogP contribution in [0.4, 0.5) is 23.9 Å². The highest BCUT2D eigenvalue weighted by molar-refractivity contribution is 5.67. The van der Waals surface area contributed by atoms with E-state index in [0.29, 0.717) is 6.20 Å². The van der Waals surface area contributed by atoms with E-state index in [-0.39, 0.29) is 6.61 Å². The average molecular weight is 386 g/mol. The van der Waals surface area contributed by atoms with Gasteiger partial charge in [0.05, 0.1) is 0 Å². The molecule has 27 heavy (non-hydrogen) atoms. The minimum Gasteiger partial charge on any atom is -0.445 e. The van der Waals surface area contributed by atoms with Crippen LogP contribution in [-0.4, -0.2) is 38.9 Å². The lowest BCUT2D eigenvalue weighted by Crippen LogP contribution is -2.36. The predicted molar refractivity (Wildman–Crippen MR) is 87.0 cm³/mol. The number of nitrogen functional groups attached to an aromatic ring is 1. The highest BCUT2D eigenvalue weighted by Crippen LogP contribution is 2.34. The maximum absolute atomic E-state index is 13.0. The molecule has 0 fully saturated rings. The van der Waals surface area contributed by atoms with Gasteiger partial charge in [0, 0.05) is 18.3 Å². The van der Waals surface area contributed by atoms with Gasteiger partial charge in [-0.2, -0.15) is 13.2 Å². The molecule has 0 bridgehead atoms. The number of hydrogen-bond donors (Lipinski definition) is 4. The number of hydrogen-bond acceptors (Lipinski definition) is 7. The van der Waals surface area contributed by atoms with Crippen LogP contribution in [0.15, 0.2) is 36.5 Å². The monoisotopic (exact) mass is 386 g/mol. The Bertz CT molecular complexity index is 774. The lowest BCUT2D eigenvalue weighted by Gasteiger charge is -2.21. The number of aliphatic hydroxyl groups is 2. The van der Waals surface area contributed by atoms with E-state index < -0.39 is 48.2 Å². The summed E-state index contributed by atoms with van der Waals surface area (Å²) < 4.78 is 43.9. The Hall–Kier alpha value is -2.92. The second-order valence-corrected chi connectivity index (χ2v) is 5.48. The van der Waals surface area contributed by atoms with E-state index in [2.05, 4.69) is 15.3 Å². The third-order valence-electron chi connectivity index (χ3n) is 3.46. The number of nitrogens with two attached hydrogens (primary N) is 1. The first-order valence-corrected chi connectivity index (χ1v) is 7.68. The number of anilines is 1. The van der Waals surface area contributed by atoms with Gasteiger partial charge in [-0.15, -0.1) is 0 Å². The van der Waals surface area contributed by atoms with Gasteiger partial charge in [-0.25, -0.2) is 14.8 Å². The van der Waals surface area contributed by atoms with Crippen LogP contribution in [0, 0.1) is 0 Å². The molecule has 11 heteroatoms. The normalized spacial score (nSPS) is 13.7. The van der Waals surface area contributed by atoms with Crippen molar-refractivity contribution < 1.29 is 32.9 Å². The van der Waals surface area contributed by atoms with Crippen LogP contribution in [0.2, 0.25) is 0 Å². The molecule has 2 rings (SSSR count). The third kappa shape index (κ3) is 5.79. The van der Waals surface area contributed by atoms with Gasteiger partial charge < -0.3 is 26.0 Å². The van der Waals surface area contributed by atoms with Crippen molar-refractivity contribution in [1.82, 2.24) is 15.3 Å². The molecule has 0 aliphatic carbocycles. The molecule has 0 aliphatic rings. The fraction of sp³-hybridized carbons (Fsp3) is 0.312. The Morgan fingerprint density at radius 2 is 1.93 bits per heavy atom. The molecule has 2 atom stereocenters. The molecule has 8 nitrogen and oxygen atoms in total. The summed E-state index contributed by atoms with van der Waals surface area (Å²) in [6.45, 7) is -0.591. The molecule has 5 N–H and O–H groups in total. The van der Waals surface area contributed by atoms with E-state index in [4.69, 9.17) is 10.5 Å². The lowest BCUT2D eigenvalue weighted by atomic mass is 10.0. The number of ether oxygens (including phenoxy) is 1. The molecule has 2 unspecified atom stereocenters. The Labute approximate surface area is 151 Å². The van der Waals surface area contributed by atoms with Crippen LogP contribution in [0.1, 0.15) is 22.9 Å². The summed E-state index contributed by atoms with van der Waals surface area (Å²) in [6, 6.07) is 8.75. The highest BCUT2D eigenvalue weighted by Gasteiger charge is 2.39. The fourth-order valence-electron chi connectivity index (χ4n) is 2.13. The van der Waals surface area contributed by atoms with Crippen LogP contribution in [0.3, 0.4) is 0 Å². The van der Waals surface area contributed by atoms with Crippen LogP contribution in [0.25, 0.3) is 0 Å². The molecule has 0 saturated carbocycles. The van der Waals surface area contributed by atoms with Crippen molar-refractivity contribution in [3.05, 3.63) is 53.3 Å². The van der Waals surface area contributed by atoms with Crippen LogP contribution < -0.4 is 11.1 Å². The SMILES string of the molecule is Nc1ncc(C(O)C(O)CNC(=O)OCc2ccccc2)c(C(F)(F)F)n1. The van der Waals surface area contributed by atoms with Gasteiger partial charge in [-0.1, -0.05) is 30.3 Å². The Morgan fingerprint density at radius 3 is 2.56 bits per heavy atom. The van der Waals surface area contributed by atoms with Crippen molar-refractivity contribution >= 4 is 12.0 Å². The molecule has 2 aromatic rings. The van der Waals surface area contributed by atoms with Gasteiger partial charge in [0.25, 0.3) is 0 Å². The minimum absolute atomic E-state index is 0.0324. The number of halogens is 3. The molecular formula is C16H17F3N4O4. The molecular weight excluding hydrogens is 369 g/mol. The molecule has 146 valence electrons. The highest BCUT2D eigenvalue weighted by atomic mass is 19.4. The zero-order chi connectivity index (χ0) is 20.0. The van der Waals surface area contributed by atoms with Crippen molar-refractivity contribution in [3.8, 4) is 0 Å². The van der Waals surface area contributed by atoms with Crippen LogP contribution >= 0.6 is 0 Å². The maximum Gasteiger partial charge on any atom is 0.433 e. The molecule has 0 spiro atoms. The van der Waals surface area contributed by atoms with Crippen molar-refractivity contribution in [3.63, 3.8) is 0 Å². The Kier molecular flexibility index (Phi) is 6.53. The summed E-state index contributed by atoms with van der Waals surface area (Å²) in [4.78, 5) is 18.1. The minimum atomic E-state index is -4.91. The van der Waals surface area contributed by atoms with E-state index in [1.165, 1.54) is 0 Å². The number of aliphatic hydroxyl groups excluding tert-OH is 2. The first kappa shape index (κ1) is 20.4. The quantitative estimate of drug-likeness (QED) is 0.590. The number of benzene rings is 1. The fourth-order valence-corrected chi connectivity index (χ4v) is 2.13. The smallest absolute Gasteiger partial charge is 0.433 e. The largest absolute Gasteiger partial charge is 0.445 e. The van der Waals surface area contributed by atoms with Crippen molar-refractivity contribution in [2.75, 3.05) is 12.3 Å². The Balaban J connectivity index is 1.94. The topological polar surface area (TPSA) is 131 Å². The predicted octanol–water partition coefficient (Wildman–Crippen LogP) is 1.40. The van der Waals surface area contributed by atoms with Gasteiger partial charge in [0.1, 0.15) is 18.8 Å². The van der Waals surface area contributed by atoms with Gasteiger partial charge in [-0.3, -0.25) is 0 Å². The van der Waals surface area contributed by atoms with Crippen LogP contribution in [-0.2, 0) is 17.5 Å². The summed E-state index contributed by atoms with van der Waals surface area (Å²) in [6.07, 6.45) is -8.91. The number of nitrogens with one attached hydrogen (secondary N) is 1.